The fraction of sp³-hybridized carbons (Fsp3) is 0.217. The first kappa shape index (κ1) is 20.7. The first-order valence-corrected chi connectivity index (χ1v) is 9.59. The number of methoxy groups -OCH3 is 1. The van der Waals surface area contributed by atoms with Gasteiger partial charge in [-0.3, -0.25) is 9.59 Å². The molecular formula is C23H23ClN2O3. The predicted molar refractivity (Wildman–Crippen MR) is 115 cm³/mol. The highest BCUT2D eigenvalue weighted by atomic mass is 35.5. The molecule has 2 aromatic carbocycles. The van der Waals surface area contributed by atoms with Crippen LogP contribution in [0.25, 0.3) is 0 Å². The van der Waals surface area contributed by atoms with Crippen molar-refractivity contribution in [3.63, 3.8) is 0 Å². The van der Waals surface area contributed by atoms with Crippen molar-refractivity contribution in [1.82, 2.24) is 9.47 Å². The number of rotatable bonds is 6. The van der Waals surface area contributed by atoms with E-state index in [9.17, 15) is 9.59 Å². The minimum absolute atomic E-state index is 0.128. The van der Waals surface area contributed by atoms with Crippen molar-refractivity contribution < 1.29 is 9.53 Å². The van der Waals surface area contributed by atoms with Gasteiger partial charge in [-0.1, -0.05) is 41.4 Å². The van der Waals surface area contributed by atoms with E-state index in [1.54, 1.807) is 55.3 Å². The van der Waals surface area contributed by atoms with Gasteiger partial charge in [0.15, 0.2) is 0 Å². The van der Waals surface area contributed by atoms with Crippen molar-refractivity contribution in [3.05, 3.63) is 98.4 Å². The molecule has 0 saturated heterocycles. The molecule has 1 heterocycles. The van der Waals surface area contributed by atoms with Crippen molar-refractivity contribution >= 4 is 17.5 Å². The number of ether oxygens (including phenoxy) is 1. The Labute approximate surface area is 175 Å². The van der Waals surface area contributed by atoms with Crippen molar-refractivity contribution in [2.45, 2.75) is 20.0 Å². The third-order valence-corrected chi connectivity index (χ3v) is 4.92. The number of hydrogen-bond donors (Lipinski definition) is 0. The zero-order valence-corrected chi connectivity index (χ0v) is 17.4. The van der Waals surface area contributed by atoms with Crippen LogP contribution in [0.4, 0.5) is 0 Å². The smallest absolute Gasteiger partial charge is 0.263 e. The Hall–Kier alpha value is -3.05. The zero-order valence-electron chi connectivity index (χ0n) is 16.7. The lowest BCUT2D eigenvalue weighted by atomic mass is 10.1. The maximum atomic E-state index is 13.0. The van der Waals surface area contributed by atoms with E-state index in [1.165, 1.54) is 4.90 Å². The SMILES string of the molecule is COc1ccc(Cl)cc1CN(C)C(=O)c1cccn(Cc2cccc(C)c2)c1=O. The lowest BCUT2D eigenvalue weighted by molar-refractivity contribution is 0.0781. The van der Waals surface area contributed by atoms with Crippen molar-refractivity contribution in [2.24, 2.45) is 0 Å². The Morgan fingerprint density at radius 3 is 2.66 bits per heavy atom. The molecule has 0 radical (unpaired) electrons. The number of pyridine rings is 1. The summed E-state index contributed by atoms with van der Waals surface area (Å²) >= 11 is 6.08. The summed E-state index contributed by atoms with van der Waals surface area (Å²) in [5, 5.41) is 0.557. The van der Waals surface area contributed by atoms with E-state index < -0.39 is 0 Å². The van der Waals surface area contributed by atoms with Crippen LogP contribution in [0.5, 0.6) is 5.75 Å². The Kier molecular flexibility index (Phi) is 6.39. The third-order valence-electron chi connectivity index (χ3n) is 4.68. The summed E-state index contributed by atoms with van der Waals surface area (Å²) in [5.41, 5.74) is 2.71. The minimum Gasteiger partial charge on any atom is -0.496 e. The molecule has 0 aliphatic carbocycles. The van der Waals surface area contributed by atoms with Gasteiger partial charge in [0.1, 0.15) is 11.3 Å². The summed E-state index contributed by atoms with van der Waals surface area (Å²) in [4.78, 5) is 27.3. The molecule has 5 nitrogen and oxygen atoms in total. The van der Waals surface area contributed by atoms with Crippen LogP contribution in [0.15, 0.2) is 65.6 Å². The molecule has 0 bridgehead atoms. The summed E-state index contributed by atoms with van der Waals surface area (Å²) < 4.78 is 6.89. The molecule has 1 aromatic heterocycles. The van der Waals surface area contributed by atoms with E-state index >= 15 is 0 Å². The first-order valence-electron chi connectivity index (χ1n) is 9.22. The minimum atomic E-state index is -0.351. The van der Waals surface area contributed by atoms with Gasteiger partial charge in [0.25, 0.3) is 11.5 Å². The van der Waals surface area contributed by atoms with Crippen molar-refractivity contribution in [1.29, 1.82) is 0 Å². The lowest BCUT2D eigenvalue weighted by Crippen LogP contribution is -2.34. The summed E-state index contributed by atoms with van der Waals surface area (Å²) in [6, 6.07) is 16.5. The maximum Gasteiger partial charge on any atom is 0.263 e. The second-order valence-electron chi connectivity index (χ2n) is 6.96. The average molecular weight is 411 g/mol. The molecule has 0 aliphatic rings. The number of halogens is 1. The Morgan fingerprint density at radius 2 is 1.93 bits per heavy atom. The topological polar surface area (TPSA) is 51.5 Å². The van der Waals surface area contributed by atoms with Gasteiger partial charge in [0.2, 0.25) is 0 Å². The number of amides is 1. The molecule has 0 atom stereocenters. The standard InChI is InChI=1S/C23H23ClN2O3/c1-16-6-4-7-17(12-16)14-26-11-5-8-20(23(26)28)22(27)25(2)15-18-13-19(24)9-10-21(18)29-3/h4-13H,14-15H2,1-3H3. The van der Waals surface area contributed by atoms with Gasteiger partial charge in [-0.05, 0) is 42.8 Å². The highest BCUT2D eigenvalue weighted by molar-refractivity contribution is 6.30. The fourth-order valence-corrected chi connectivity index (χ4v) is 3.43. The van der Waals surface area contributed by atoms with Gasteiger partial charge < -0.3 is 14.2 Å². The second-order valence-corrected chi connectivity index (χ2v) is 7.40. The number of nitrogens with zero attached hydrogens (tertiary/aromatic N) is 2. The van der Waals surface area contributed by atoms with Crippen LogP contribution >= 0.6 is 11.6 Å². The molecular weight excluding hydrogens is 388 g/mol. The van der Waals surface area contributed by atoms with Gasteiger partial charge in [-0.15, -0.1) is 0 Å². The largest absolute Gasteiger partial charge is 0.496 e. The Bertz CT molecular complexity index is 1090. The molecule has 0 fully saturated rings. The van der Waals surface area contributed by atoms with Crippen LogP contribution in [0.1, 0.15) is 27.0 Å². The lowest BCUT2D eigenvalue weighted by Gasteiger charge is -2.19. The first-order chi connectivity index (χ1) is 13.9. The summed E-state index contributed by atoms with van der Waals surface area (Å²) in [6.45, 7) is 2.69. The van der Waals surface area contributed by atoms with Gasteiger partial charge in [0, 0.05) is 30.4 Å². The second kappa shape index (κ2) is 8.97. The number of carbonyl (C=O) groups is 1. The molecule has 1 amide bonds. The van der Waals surface area contributed by atoms with Crippen LogP contribution in [0, 0.1) is 6.92 Å². The quantitative estimate of drug-likeness (QED) is 0.613. The van der Waals surface area contributed by atoms with Gasteiger partial charge in [0.05, 0.1) is 13.7 Å². The van der Waals surface area contributed by atoms with Crippen molar-refractivity contribution in [2.75, 3.05) is 14.2 Å². The van der Waals surface area contributed by atoms with Crippen LogP contribution in [-0.4, -0.2) is 29.5 Å². The molecule has 0 unspecified atom stereocenters. The molecule has 0 spiro atoms. The van der Waals surface area contributed by atoms with E-state index in [0.29, 0.717) is 17.3 Å². The van der Waals surface area contributed by atoms with Gasteiger partial charge in [-0.25, -0.2) is 0 Å². The number of carbonyl (C=O) groups excluding carboxylic acids is 1. The Morgan fingerprint density at radius 1 is 1.14 bits per heavy atom. The monoisotopic (exact) mass is 410 g/mol. The fourth-order valence-electron chi connectivity index (χ4n) is 3.23. The average Bonchev–Trinajstić information content (AvgIpc) is 2.69. The predicted octanol–water partition coefficient (Wildman–Crippen LogP) is 4.14. The van der Waals surface area contributed by atoms with E-state index in [4.69, 9.17) is 16.3 Å². The number of aryl methyl sites for hydroxylation is 1. The third kappa shape index (κ3) is 4.87. The highest BCUT2D eigenvalue weighted by Crippen LogP contribution is 2.24. The maximum absolute atomic E-state index is 13.0. The highest BCUT2D eigenvalue weighted by Gasteiger charge is 2.18. The van der Waals surface area contributed by atoms with E-state index in [2.05, 4.69) is 0 Å². The van der Waals surface area contributed by atoms with E-state index in [0.717, 1.165) is 16.7 Å². The Balaban J connectivity index is 1.84. The number of aromatic nitrogens is 1. The normalized spacial score (nSPS) is 10.6. The molecule has 0 N–H and O–H groups in total. The van der Waals surface area contributed by atoms with Crippen LogP contribution in [0.2, 0.25) is 5.02 Å². The molecule has 6 heteroatoms. The summed E-state index contributed by atoms with van der Waals surface area (Å²) in [5.74, 6) is 0.287. The number of benzene rings is 2. The molecule has 29 heavy (non-hydrogen) atoms. The van der Waals surface area contributed by atoms with Crippen LogP contribution in [-0.2, 0) is 13.1 Å². The molecule has 3 aromatic rings. The van der Waals surface area contributed by atoms with Crippen molar-refractivity contribution in [3.8, 4) is 5.75 Å². The number of hydrogen-bond acceptors (Lipinski definition) is 3. The zero-order chi connectivity index (χ0) is 21.0. The van der Waals surface area contributed by atoms with Crippen LogP contribution < -0.4 is 10.3 Å². The van der Waals surface area contributed by atoms with Crippen LogP contribution in [0.3, 0.4) is 0 Å². The van der Waals surface area contributed by atoms with E-state index in [1.807, 2.05) is 31.2 Å². The molecule has 0 saturated carbocycles. The molecule has 3 rings (SSSR count). The summed E-state index contributed by atoms with van der Waals surface area (Å²) in [6.07, 6.45) is 1.70. The molecule has 150 valence electrons. The summed E-state index contributed by atoms with van der Waals surface area (Å²) in [7, 11) is 3.22. The molecule has 0 aliphatic heterocycles. The van der Waals surface area contributed by atoms with Gasteiger partial charge in [-0.2, -0.15) is 0 Å². The van der Waals surface area contributed by atoms with E-state index in [-0.39, 0.29) is 23.6 Å². The van der Waals surface area contributed by atoms with Gasteiger partial charge >= 0.3 is 0 Å².